The van der Waals surface area contributed by atoms with E-state index in [1.54, 1.807) is 0 Å². The van der Waals surface area contributed by atoms with Crippen LogP contribution < -0.4 is 5.32 Å². The molecule has 1 saturated heterocycles. The summed E-state index contributed by atoms with van der Waals surface area (Å²) in [5.41, 5.74) is 1.63. The fourth-order valence-electron chi connectivity index (χ4n) is 4.29. The Kier molecular flexibility index (Phi) is 3.20. The molecule has 0 unspecified atom stereocenters. The van der Waals surface area contributed by atoms with Gasteiger partial charge in [-0.25, -0.2) is 4.79 Å². The fraction of sp³-hybridized carbons (Fsp3) is 0.706. The van der Waals surface area contributed by atoms with Gasteiger partial charge in [-0.3, -0.25) is 0 Å². The highest BCUT2D eigenvalue weighted by atomic mass is 16.2. The molecule has 0 aromatic carbocycles. The van der Waals surface area contributed by atoms with Gasteiger partial charge in [0, 0.05) is 25.0 Å². The van der Waals surface area contributed by atoms with Crippen LogP contribution in [0, 0.1) is 11.3 Å². The van der Waals surface area contributed by atoms with E-state index in [-0.39, 0.29) is 12.1 Å². The number of aromatic nitrogens is 1. The van der Waals surface area contributed by atoms with Crippen LogP contribution in [-0.2, 0) is 0 Å². The van der Waals surface area contributed by atoms with Crippen molar-refractivity contribution in [2.45, 2.75) is 51.0 Å². The quantitative estimate of drug-likeness (QED) is 0.875. The smallest absolute Gasteiger partial charge is 0.317 e. The van der Waals surface area contributed by atoms with Crippen LogP contribution in [0.15, 0.2) is 18.3 Å². The number of hydrogen-bond acceptors (Lipinski definition) is 1. The van der Waals surface area contributed by atoms with Gasteiger partial charge in [-0.1, -0.05) is 6.42 Å². The fourth-order valence-corrected chi connectivity index (χ4v) is 4.29. The lowest BCUT2D eigenvalue weighted by atomic mass is 9.65. The first kappa shape index (κ1) is 13.2. The van der Waals surface area contributed by atoms with E-state index in [0.717, 1.165) is 31.8 Å². The monoisotopic (exact) mass is 287 g/mol. The largest absolute Gasteiger partial charge is 0.363 e. The van der Waals surface area contributed by atoms with Crippen LogP contribution >= 0.6 is 0 Å². The molecule has 1 atom stereocenters. The topological polar surface area (TPSA) is 48.1 Å². The summed E-state index contributed by atoms with van der Waals surface area (Å²) >= 11 is 0. The van der Waals surface area contributed by atoms with Crippen molar-refractivity contribution < 1.29 is 4.79 Å². The zero-order valence-corrected chi connectivity index (χ0v) is 12.6. The third-order valence-electron chi connectivity index (χ3n) is 5.88. The Morgan fingerprint density at radius 3 is 2.81 bits per heavy atom. The van der Waals surface area contributed by atoms with Crippen LogP contribution in [0.4, 0.5) is 4.79 Å². The zero-order valence-electron chi connectivity index (χ0n) is 12.6. The van der Waals surface area contributed by atoms with Gasteiger partial charge in [-0.15, -0.1) is 0 Å². The second-order valence-corrected chi connectivity index (χ2v) is 7.13. The van der Waals surface area contributed by atoms with Gasteiger partial charge in [0.15, 0.2) is 0 Å². The summed E-state index contributed by atoms with van der Waals surface area (Å²) in [5, 5.41) is 3.25. The highest BCUT2D eigenvalue weighted by Crippen LogP contribution is 2.56. The minimum atomic E-state index is 0.138. The van der Waals surface area contributed by atoms with Gasteiger partial charge >= 0.3 is 6.03 Å². The van der Waals surface area contributed by atoms with Gasteiger partial charge in [0.25, 0.3) is 0 Å². The zero-order chi connectivity index (χ0) is 14.3. The molecule has 4 nitrogen and oxygen atoms in total. The minimum absolute atomic E-state index is 0.138. The normalized spacial score (nSPS) is 27.4. The van der Waals surface area contributed by atoms with Gasteiger partial charge in [-0.2, -0.15) is 0 Å². The molecule has 0 bridgehead atoms. The molecule has 0 radical (unpaired) electrons. The average molecular weight is 287 g/mol. The number of nitrogens with zero attached hydrogens (tertiary/aromatic N) is 1. The van der Waals surface area contributed by atoms with Crippen LogP contribution in [0.5, 0.6) is 0 Å². The van der Waals surface area contributed by atoms with Crippen molar-refractivity contribution in [3.63, 3.8) is 0 Å². The van der Waals surface area contributed by atoms with E-state index in [4.69, 9.17) is 0 Å². The van der Waals surface area contributed by atoms with E-state index >= 15 is 0 Å². The maximum atomic E-state index is 12.6. The highest BCUT2D eigenvalue weighted by Gasteiger charge is 2.49. The molecule has 0 spiro atoms. The van der Waals surface area contributed by atoms with Crippen molar-refractivity contribution >= 4 is 6.03 Å². The summed E-state index contributed by atoms with van der Waals surface area (Å²) in [6.07, 6.45) is 10.9. The molecular formula is C17H25N3O. The summed E-state index contributed by atoms with van der Waals surface area (Å²) < 4.78 is 0. The number of H-pyrrole nitrogens is 1. The van der Waals surface area contributed by atoms with Gasteiger partial charge in [-0.05, 0) is 62.0 Å². The van der Waals surface area contributed by atoms with Gasteiger partial charge in [0.1, 0.15) is 0 Å². The number of nitrogens with one attached hydrogen (secondary N) is 2. The first-order chi connectivity index (χ1) is 10.3. The second-order valence-electron chi connectivity index (χ2n) is 7.13. The first-order valence-corrected chi connectivity index (χ1v) is 8.46. The predicted octanol–water partition coefficient (Wildman–Crippen LogP) is 3.44. The van der Waals surface area contributed by atoms with Crippen molar-refractivity contribution in [3.05, 3.63) is 24.0 Å². The maximum absolute atomic E-state index is 12.6. The Labute approximate surface area is 126 Å². The second kappa shape index (κ2) is 5.08. The molecule has 2 heterocycles. The molecule has 4 heteroatoms. The number of hydrogen-bond donors (Lipinski definition) is 2. The van der Waals surface area contributed by atoms with E-state index in [1.807, 2.05) is 17.2 Å². The summed E-state index contributed by atoms with van der Waals surface area (Å²) in [5.74, 6) is 0.893. The first-order valence-electron chi connectivity index (χ1n) is 8.46. The molecule has 1 aliphatic heterocycles. The Morgan fingerprint density at radius 1 is 1.33 bits per heavy atom. The van der Waals surface area contributed by atoms with Crippen molar-refractivity contribution in [1.29, 1.82) is 0 Å². The number of rotatable bonds is 4. The SMILES string of the molecule is O=C(NCC1(C2CC2)CCC1)N1CCC[C@@H]1c1ccc[nH]1. The van der Waals surface area contributed by atoms with Crippen LogP contribution in [0.1, 0.15) is 56.7 Å². The summed E-state index contributed by atoms with van der Waals surface area (Å²) in [7, 11) is 0. The van der Waals surface area contributed by atoms with Crippen LogP contribution in [0.2, 0.25) is 0 Å². The third kappa shape index (κ3) is 2.34. The molecule has 3 aliphatic rings. The Bertz CT molecular complexity index is 502. The number of amides is 2. The van der Waals surface area contributed by atoms with E-state index in [1.165, 1.54) is 37.8 Å². The molecule has 114 valence electrons. The molecule has 21 heavy (non-hydrogen) atoms. The average Bonchev–Trinajstić information content (AvgIpc) is 2.97. The Morgan fingerprint density at radius 2 is 2.19 bits per heavy atom. The standard InChI is InChI=1S/C17H25N3O/c21-16(19-12-17(8-3-9-17)13-6-7-13)20-11-2-5-15(20)14-4-1-10-18-14/h1,4,10,13,15,18H,2-3,5-9,11-12H2,(H,19,21)/t15-/m1/s1. The molecule has 4 rings (SSSR count). The van der Waals surface area contributed by atoms with Crippen LogP contribution in [0.3, 0.4) is 0 Å². The van der Waals surface area contributed by atoms with Crippen molar-refractivity contribution in [2.75, 3.05) is 13.1 Å². The molecule has 2 amide bonds. The molecular weight excluding hydrogens is 262 g/mol. The van der Waals surface area contributed by atoms with E-state index in [2.05, 4.69) is 16.4 Å². The van der Waals surface area contributed by atoms with Gasteiger partial charge in [0.2, 0.25) is 0 Å². The van der Waals surface area contributed by atoms with Crippen molar-refractivity contribution in [1.82, 2.24) is 15.2 Å². The molecule has 1 aromatic rings. The van der Waals surface area contributed by atoms with Crippen LogP contribution in [0.25, 0.3) is 0 Å². The van der Waals surface area contributed by atoms with Gasteiger partial charge in [0.05, 0.1) is 6.04 Å². The minimum Gasteiger partial charge on any atom is -0.363 e. The number of carbonyl (C=O) groups excluding carboxylic acids is 1. The number of urea groups is 1. The van der Waals surface area contributed by atoms with Crippen LogP contribution in [-0.4, -0.2) is 29.0 Å². The van der Waals surface area contributed by atoms with Crippen molar-refractivity contribution in [3.8, 4) is 0 Å². The third-order valence-corrected chi connectivity index (χ3v) is 5.88. The van der Waals surface area contributed by atoms with Gasteiger partial charge < -0.3 is 15.2 Å². The summed E-state index contributed by atoms with van der Waals surface area (Å²) in [6.45, 7) is 1.77. The molecule has 2 aliphatic carbocycles. The summed E-state index contributed by atoms with van der Waals surface area (Å²) in [4.78, 5) is 17.9. The van der Waals surface area contributed by atoms with E-state index in [9.17, 15) is 4.79 Å². The van der Waals surface area contributed by atoms with Crippen molar-refractivity contribution in [2.24, 2.45) is 11.3 Å². The molecule has 3 fully saturated rings. The molecule has 2 saturated carbocycles. The maximum Gasteiger partial charge on any atom is 0.317 e. The molecule has 1 aromatic heterocycles. The number of carbonyl (C=O) groups is 1. The lowest BCUT2D eigenvalue weighted by molar-refractivity contribution is 0.0973. The molecule has 2 N–H and O–H groups in total. The Balaban J connectivity index is 1.38. The van der Waals surface area contributed by atoms with E-state index < -0.39 is 0 Å². The lowest BCUT2D eigenvalue weighted by Gasteiger charge is -2.43. The Hall–Kier alpha value is -1.45. The van der Waals surface area contributed by atoms with E-state index in [0.29, 0.717) is 5.41 Å². The highest BCUT2D eigenvalue weighted by molar-refractivity contribution is 5.75. The number of likely N-dealkylation sites (tertiary alicyclic amines) is 1. The predicted molar refractivity (Wildman–Crippen MR) is 81.9 cm³/mol. The summed E-state index contributed by atoms with van der Waals surface area (Å²) in [6, 6.07) is 4.48. The lowest BCUT2D eigenvalue weighted by Crippen LogP contribution is -2.48. The number of aromatic amines is 1.